The van der Waals surface area contributed by atoms with Gasteiger partial charge >= 0.3 is 0 Å². The van der Waals surface area contributed by atoms with E-state index in [9.17, 15) is 0 Å². The molecule has 3 rings (SSSR count). The van der Waals surface area contributed by atoms with Crippen LogP contribution in [0.5, 0.6) is 0 Å². The Bertz CT molecular complexity index is 520. The number of aryl methyl sites for hydroxylation is 2. The Morgan fingerprint density at radius 3 is 2.70 bits per heavy atom. The summed E-state index contributed by atoms with van der Waals surface area (Å²) in [5.74, 6) is 1.98. The molecule has 0 amide bonds. The molecular formula is C15H24N4S. The first-order chi connectivity index (χ1) is 9.59. The van der Waals surface area contributed by atoms with Crippen molar-refractivity contribution in [2.75, 3.05) is 11.4 Å². The Balaban J connectivity index is 2.01. The van der Waals surface area contributed by atoms with E-state index in [2.05, 4.69) is 10.00 Å². The van der Waals surface area contributed by atoms with Gasteiger partial charge in [0.05, 0.1) is 11.3 Å². The van der Waals surface area contributed by atoms with Crippen LogP contribution in [0, 0.1) is 12.8 Å². The molecule has 20 heavy (non-hydrogen) atoms. The third-order valence-corrected chi connectivity index (χ3v) is 5.16. The maximum absolute atomic E-state index is 5.95. The van der Waals surface area contributed by atoms with Crippen LogP contribution < -0.4 is 10.6 Å². The van der Waals surface area contributed by atoms with E-state index in [1.165, 1.54) is 38.5 Å². The highest BCUT2D eigenvalue weighted by molar-refractivity contribution is 7.80. The summed E-state index contributed by atoms with van der Waals surface area (Å²) in [6.07, 6.45) is 8.05. The fraction of sp³-hybridized carbons (Fsp3) is 0.733. The van der Waals surface area contributed by atoms with Gasteiger partial charge in [0.25, 0.3) is 0 Å². The molecule has 2 N–H and O–H groups in total. The molecule has 0 aromatic carbocycles. The van der Waals surface area contributed by atoms with Crippen molar-refractivity contribution in [3.8, 4) is 0 Å². The van der Waals surface area contributed by atoms with Crippen LogP contribution in [0.2, 0.25) is 0 Å². The lowest BCUT2D eigenvalue weighted by Crippen LogP contribution is -2.48. The maximum atomic E-state index is 5.95. The Hall–Kier alpha value is -1.10. The molecule has 110 valence electrons. The number of rotatable bonds is 2. The lowest BCUT2D eigenvalue weighted by atomic mass is 9.78. The molecule has 2 atom stereocenters. The molecule has 4 nitrogen and oxygen atoms in total. The van der Waals surface area contributed by atoms with E-state index < -0.39 is 0 Å². The second kappa shape index (κ2) is 5.35. The van der Waals surface area contributed by atoms with Gasteiger partial charge in [-0.3, -0.25) is 4.68 Å². The molecule has 1 aromatic rings. The van der Waals surface area contributed by atoms with Gasteiger partial charge in [0.15, 0.2) is 0 Å². The molecule has 2 heterocycles. The maximum Gasteiger partial charge on any atom is 0.137 e. The fourth-order valence-electron chi connectivity index (χ4n) is 4.15. The summed E-state index contributed by atoms with van der Waals surface area (Å²) in [4.78, 5) is 3.02. The summed E-state index contributed by atoms with van der Waals surface area (Å²) in [5.41, 5.74) is 7.89. The summed E-state index contributed by atoms with van der Waals surface area (Å²) in [7, 11) is 2.01. The molecule has 1 saturated carbocycles. The highest BCUT2D eigenvalue weighted by atomic mass is 32.1. The summed E-state index contributed by atoms with van der Waals surface area (Å²) < 4.78 is 1.97. The van der Waals surface area contributed by atoms with E-state index in [0.717, 1.165) is 29.5 Å². The van der Waals surface area contributed by atoms with Crippen molar-refractivity contribution in [2.45, 2.75) is 51.5 Å². The molecule has 2 aliphatic rings. The van der Waals surface area contributed by atoms with Gasteiger partial charge in [-0.2, -0.15) is 5.10 Å². The van der Waals surface area contributed by atoms with Crippen molar-refractivity contribution >= 4 is 23.0 Å². The third kappa shape index (κ3) is 2.22. The minimum absolute atomic E-state index is 0.475. The smallest absolute Gasteiger partial charge is 0.137 e. The van der Waals surface area contributed by atoms with Crippen LogP contribution in [-0.2, 0) is 7.05 Å². The van der Waals surface area contributed by atoms with Gasteiger partial charge in [-0.15, -0.1) is 0 Å². The molecule has 1 aliphatic heterocycles. The quantitative estimate of drug-likeness (QED) is 0.851. The van der Waals surface area contributed by atoms with Gasteiger partial charge in [0.1, 0.15) is 10.8 Å². The molecule has 0 radical (unpaired) electrons. The highest BCUT2D eigenvalue weighted by Crippen LogP contribution is 2.39. The van der Waals surface area contributed by atoms with Crippen molar-refractivity contribution < 1.29 is 0 Å². The molecule has 2 unspecified atom stereocenters. The van der Waals surface area contributed by atoms with E-state index in [4.69, 9.17) is 18.0 Å². The molecule has 0 bridgehead atoms. The average Bonchev–Trinajstić information content (AvgIpc) is 2.73. The van der Waals surface area contributed by atoms with Crippen molar-refractivity contribution in [3.63, 3.8) is 0 Å². The van der Waals surface area contributed by atoms with Crippen molar-refractivity contribution in [1.29, 1.82) is 0 Å². The van der Waals surface area contributed by atoms with Gasteiger partial charge in [-0.25, -0.2) is 0 Å². The SMILES string of the molecule is Cc1nn(C)c(N2CCCC3CCCCC32)c1C(N)=S. The molecule has 1 saturated heterocycles. The minimum atomic E-state index is 0.475. The number of anilines is 1. The summed E-state index contributed by atoms with van der Waals surface area (Å²) in [5, 5.41) is 4.55. The molecular weight excluding hydrogens is 268 g/mol. The number of fused-ring (bicyclic) bond motifs is 1. The van der Waals surface area contributed by atoms with Crippen LogP contribution in [0.15, 0.2) is 0 Å². The normalized spacial score (nSPS) is 26.4. The molecule has 2 fully saturated rings. The number of piperidine rings is 1. The van der Waals surface area contributed by atoms with Crippen molar-refractivity contribution in [3.05, 3.63) is 11.3 Å². The monoisotopic (exact) mass is 292 g/mol. The third-order valence-electron chi connectivity index (χ3n) is 4.95. The lowest BCUT2D eigenvalue weighted by molar-refractivity contribution is 0.241. The van der Waals surface area contributed by atoms with E-state index in [1.54, 1.807) is 0 Å². The van der Waals surface area contributed by atoms with Crippen LogP contribution in [0.25, 0.3) is 0 Å². The van der Waals surface area contributed by atoms with Gasteiger partial charge < -0.3 is 10.6 Å². The van der Waals surface area contributed by atoms with E-state index in [0.29, 0.717) is 11.0 Å². The average molecular weight is 292 g/mol. The number of nitrogens with two attached hydrogens (primary N) is 1. The van der Waals surface area contributed by atoms with Crippen molar-refractivity contribution in [1.82, 2.24) is 9.78 Å². The standard InChI is InChI=1S/C15H24N4S/c1-10-13(14(16)20)15(18(2)17-10)19-9-5-7-11-6-3-4-8-12(11)19/h11-12H,3-9H2,1-2H3,(H2,16,20). The van der Waals surface area contributed by atoms with Crippen LogP contribution >= 0.6 is 12.2 Å². The van der Waals surface area contributed by atoms with Gasteiger partial charge in [0, 0.05) is 19.6 Å². The Morgan fingerprint density at radius 2 is 1.95 bits per heavy atom. The second-order valence-corrected chi connectivity index (χ2v) is 6.66. The summed E-state index contributed by atoms with van der Waals surface area (Å²) in [6.45, 7) is 3.11. The van der Waals surface area contributed by atoms with E-state index in [-0.39, 0.29) is 0 Å². The lowest BCUT2D eigenvalue weighted by Gasteiger charge is -2.45. The van der Waals surface area contributed by atoms with Crippen LogP contribution in [0.3, 0.4) is 0 Å². The van der Waals surface area contributed by atoms with Crippen LogP contribution in [0.4, 0.5) is 5.82 Å². The zero-order chi connectivity index (χ0) is 14.3. The summed E-state index contributed by atoms with van der Waals surface area (Å²) in [6, 6.07) is 0.653. The van der Waals surface area contributed by atoms with Crippen LogP contribution in [-0.4, -0.2) is 27.4 Å². The minimum Gasteiger partial charge on any atom is -0.389 e. The molecule has 1 aromatic heterocycles. The van der Waals surface area contributed by atoms with Gasteiger partial charge in [0.2, 0.25) is 0 Å². The zero-order valence-electron chi connectivity index (χ0n) is 12.4. The molecule has 0 spiro atoms. The number of hydrogen-bond acceptors (Lipinski definition) is 3. The number of nitrogens with zero attached hydrogens (tertiary/aromatic N) is 3. The first-order valence-electron chi connectivity index (χ1n) is 7.69. The predicted octanol–water partition coefficient (Wildman–Crippen LogP) is 2.52. The number of thiocarbonyl (C=S) groups is 1. The summed E-state index contributed by atoms with van der Waals surface area (Å²) >= 11 is 5.26. The molecule has 1 aliphatic carbocycles. The van der Waals surface area contributed by atoms with Gasteiger partial charge in [-0.05, 0) is 38.5 Å². The largest absolute Gasteiger partial charge is 0.389 e. The number of hydrogen-bond donors (Lipinski definition) is 1. The Morgan fingerprint density at radius 1 is 1.25 bits per heavy atom. The first kappa shape index (κ1) is 13.9. The predicted molar refractivity (Wildman–Crippen MR) is 86.2 cm³/mol. The second-order valence-electron chi connectivity index (χ2n) is 6.22. The highest BCUT2D eigenvalue weighted by Gasteiger charge is 2.36. The van der Waals surface area contributed by atoms with E-state index in [1.807, 2.05) is 18.7 Å². The number of aromatic nitrogens is 2. The Labute approximate surface area is 126 Å². The Kier molecular flexibility index (Phi) is 3.71. The van der Waals surface area contributed by atoms with E-state index >= 15 is 0 Å². The fourth-order valence-corrected chi connectivity index (χ4v) is 4.39. The van der Waals surface area contributed by atoms with Gasteiger partial charge in [-0.1, -0.05) is 25.1 Å². The van der Waals surface area contributed by atoms with Crippen molar-refractivity contribution in [2.24, 2.45) is 18.7 Å². The first-order valence-corrected chi connectivity index (χ1v) is 8.10. The van der Waals surface area contributed by atoms with Crippen LogP contribution in [0.1, 0.15) is 49.8 Å². The topological polar surface area (TPSA) is 47.1 Å². The zero-order valence-corrected chi connectivity index (χ0v) is 13.2. The molecule has 5 heteroatoms.